The predicted octanol–water partition coefficient (Wildman–Crippen LogP) is 4.17. The van der Waals surface area contributed by atoms with Gasteiger partial charge in [-0.05, 0) is 16.0 Å². The molecule has 0 N–H and O–H groups in total. The third-order valence-corrected chi connectivity index (χ3v) is 6.99. The summed E-state index contributed by atoms with van der Waals surface area (Å²) >= 11 is 11.0. The summed E-state index contributed by atoms with van der Waals surface area (Å²) in [4.78, 5) is 0. The van der Waals surface area contributed by atoms with Gasteiger partial charge in [0, 0.05) is 0 Å². The van der Waals surface area contributed by atoms with Gasteiger partial charge in [0.2, 0.25) is 0 Å². The van der Waals surface area contributed by atoms with Crippen LogP contribution in [0.3, 0.4) is 0 Å². The first-order chi connectivity index (χ1) is 6.59. The van der Waals surface area contributed by atoms with Crippen molar-refractivity contribution < 1.29 is 0 Å². The zero-order valence-electron chi connectivity index (χ0n) is 7.18. The summed E-state index contributed by atoms with van der Waals surface area (Å²) in [5.74, 6) is 0. The second-order valence-corrected chi connectivity index (χ2v) is 24.8. The lowest BCUT2D eigenvalue weighted by atomic mass is 10.1. The second-order valence-electron chi connectivity index (χ2n) is 3.02. The first-order valence-corrected chi connectivity index (χ1v) is 12.9. The summed E-state index contributed by atoms with van der Waals surface area (Å²) in [5.41, 5.74) is 0. The van der Waals surface area contributed by atoms with Crippen molar-refractivity contribution in [1.29, 1.82) is 0 Å². The third-order valence-electron chi connectivity index (χ3n) is 2.10. The van der Waals surface area contributed by atoms with Crippen LogP contribution in [0.15, 0.2) is 42.5 Å². The molecule has 0 saturated heterocycles. The Balaban J connectivity index is 2.78. The standard InChI is InChI=1S/C10H7Br3Si/c11-14(12,13)10-7-3-5-8-4-1-2-6-9(8)10/h1-7H. The number of fused-ring (bicyclic) bond motifs is 1. The van der Waals surface area contributed by atoms with E-state index in [9.17, 15) is 0 Å². The van der Waals surface area contributed by atoms with Crippen molar-refractivity contribution in [3.8, 4) is 0 Å². The van der Waals surface area contributed by atoms with Crippen molar-refractivity contribution in [2.75, 3.05) is 0 Å². The van der Waals surface area contributed by atoms with E-state index in [4.69, 9.17) is 0 Å². The van der Waals surface area contributed by atoms with Crippen LogP contribution in [0.2, 0.25) is 0 Å². The Hall–Kier alpha value is 0.357. The fourth-order valence-corrected chi connectivity index (χ4v) is 5.40. The van der Waals surface area contributed by atoms with Gasteiger partial charge < -0.3 is 0 Å². The average molecular weight is 395 g/mol. The molecule has 0 aromatic heterocycles. The molecule has 2 aromatic carbocycles. The predicted molar refractivity (Wildman–Crippen MR) is 76.1 cm³/mol. The molecule has 0 amide bonds. The Morgan fingerprint density at radius 2 is 1.43 bits per heavy atom. The lowest BCUT2D eigenvalue weighted by molar-refractivity contribution is 1.78. The first-order valence-electron chi connectivity index (χ1n) is 4.14. The van der Waals surface area contributed by atoms with E-state index in [1.807, 2.05) is 0 Å². The summed E-state index contributed by atoms with van der Waals surface area (Å²) < 4.78 is -1.76. The minimum Gasteiger partial charge on any atom is -0.0910 e. The Morgan fingerprint density at radius 1 is 0.786 bits per heavy atom. The minimum atomic E-state index is -1.76. The van der Waals surface area contributed by atoms with Crippen molar-refractivity contribution in [2.45, 2.75) is 0 Å². The number of hydrogen-bond donors (Lipinski definition) is 0. The van der Waals surface area contributed by atoms with Crippen LogP contribution in [0.1, 0.15) is 0 Å². The molecular formula is C10H7Br3Si. The maximum absolute atomic E-state index is 3.68. The highest BCUT2D eigenvalue weighted by Crippen LogP contribution is 2.29. The minimum absolute atomic E-state index is 1.28. The van der Waals surface area contributed by atoms with Gasteiger partial charge in [-0.3, -0.25) is 0 Å². The van der Waals surface area contributed by atoms with Gasteiger partial charge in [0.15, 0.2) is 0 Å². The zero-order chi connectivity index (χ0) is 10.2. The van der Waals surface area contributed by atoms with Gasteiger partial charge in [-0.15, -0.1) is 0 Å². The normalized spacial score (nSPS) is 11.9. The van der Waals surface area contributed by atoms with Crippen molar-refractivity contribution in [2.24, 2.45) is 0 Å². The largest absolute Gasteiger partial charge is 0.298 e. The van der Waals surface area contributed by atoms with Gasteiger partial charge in [-0.1, -0.05) is 88.3 Å². The maximum atomic E-state index is 3.68. The van der Waals surface area contributed by atoms with Gasteiger partial charge >= 0.3 is 0 Å². The molecule has 0 atom stereocenters. The number of hydrogen-bond acceptors (Lipinski definition) is 0. The molecule has 0 nitrogen and oxygen atoms in total. The summed E-state index contributed by atoms with van der Waals surface area (Å²) in [6, 6.07) is 14.8. The molecule has 2 rings (SSSR count). The van der Waals surface area contributed by atoms with Gasteiger partial charge in [-0.2, -0.15) is 0 Å². The summed E-state index contributed by atoms with van der Waals surface area (Å²) in [5, 5.41) is 3.89. The fraction of sp³-hybridized carbons (Fsp3) is 0. The van der Waals surface area contributed by atoms with E-state index in [-0.39, 0.29) is 0 Å². The SMILES string of the molecule is Br[Si](Br)(Br)c1cccc2ccccc12. The van der Waals surface area contributed by atoms with Crippen LogP contribution in [0.25, 0.3) is 10.8 Å². The molecule has 0 aliphatic carbocycles. The number of rotatable bonds is 1. The van der Waals surface area contributed by atoms with E-state index in [1.54, 1.807) is 0 Å². The highest BCUT2D eigenvalue weighted by Gasteiger charge is 2.26. The zero-order valence-corrected chi connectivity index (χ0v) is 12.9. The molecule has 72 valence electrons. The second kappa shape index (κ2) is 4.08. The van der Waals surface area contributed by atoms with Gasteiger partial charge in [-0.25, -0.2) is 0 Å². The van der Waals surface area contributed by atoms with Crippen LogP contribution in [0.5, 0.6) is 0 Å². The smallest absolute Gasteiger partial charge is 0.0910 e. The average Bonchev–Trinajstić information content (AvgIpc) is 2.15. The highest BCUT2D eigenvalue weighted by molar-refractivity contribution is 9.72. The van der Waals surface area contributed by atoms with Crippen LogP contribution in [0, 0.1) is 0 Å². The van der Waals surface area contributed by atoms with Gasteiger partial charge in [0.05, 0.1) is 0 Å². The molecule has 0 heterocycles. The van der Waals surface area contributed by atoms with E-state index in [1.165, 1.54) is 16.0 Å². The van der Waals surface area contributed by atoms with E-state index in [0.29, 0.717) is 0 Å². The molecule has 0 bridgehead atoms. The number of halogens is 3. The number of benzene rings is 2. The van der Waals surface area contributed by atoms with Crippen LogP contribution in [-0.4, -0.2) is 3.93 Å². The van der Waals surface area contributed by atoms with Crippen molar-refractivity contribution in [3.63, 3.8) is 0 Å². The van der Waals surface area contributed by atoms with Crippen LogP contribution < -0.4 is 5.19 Å². The molecule has 14 heavy (non-hydrogen) atoms. The van der Waals surface area contributed by atoms with Crippen LogP contribution >= 0.6 is 45.9 Å². The molecule has 4 heteroatoms. The van der Waals surface area contributed by atoms with Crippen LogP contribution in [-0.2, 0) is 0 Å². The topological polar surface area (TPSA) is 0 Å². The highest BCUT2D eigenvalue weighted by atomic mass is 80.0. The monoisotopic (exact) mass is 392 g/mol. The van der Waals surface area contributed by atoms with Crippen LogP contribution in [0.4, 0.5) is 0 Å². The molecule has 0 saturated carbocycles. The van der Waals surface area contributed by atoms with Crippen molar-refractivity contribution in [1.82, 2.24) is 0 Å². The Morgan fingerprint density at radius 3 is 2.14 bits per heavy atom. The molecule has 0 aliphatic heterocycles. The molecule has 2 aromatic rings. The quantitative estimate of drug-likeness (QED) is 0.503. The molecule has 0 unspecified atom stereocenters. The van der Waals surface area contributed by atoms with E-state index in [0.717, 1.165) is 0 Å². The van der Waals surface area contributed by atoms with E-state index < -0.39 is 3.93 Å². The van der Waals surface area contributed by atoms with Gasteiger partial charge in [0.1, 0.15) is 0 Å². The third kappa shape index (κ3) is 2.13. The van der Waals surface area contributed by atoms with E-state index in [2.05, 4.69) is 88.3 Å². The molecular weight excluding hydrogens is 388 g/mol. The summed E-state index contributed by atoms with van der Waals surface area (Å²) in [6.45, 7) is 0. The Labute approximate surface area is 107 Å². The first kappa shape index (κ1) is 10.9. The molecule has 0 spiro atoms. The summed E-state index contributed by atoms with van der Waals surface area (Å²) in [6.07, 6.45) is 0. The lowest BCUT2D eigenvalue weighted by Crippen LogP contribution is -2.28. The van der Waals surface area contributed by atoms with E-state index >= 15 is 0 Å². The molecule has 0 fully saturated rings. The maximum Gasteiger partial charge on any atom is 0.298 e. The van der Waals surface area contributed by atoms with Gasteiger partial charge in [0.25, 0.3) is 3.93 Å². The summed E-state index contributed by atoms with van der Waals surface area (Å²) in [7, 11) is 0. The van der Waals surface area contributed by atoms with Crippen molar-refractivity contribution in [3.05, 3.63) is 42.5 Å². The molecule has 0 aliphatic rings. The molecule has 0 radical (unpaired) electrons. The Kier molecular flexibility index (Phi) is 3.17. The Bertz CT molecular complexity index is 457. The van der Waals surface area contributed by atoms with Crippen molar-refractivity contribution >= 4 is 65.8 Å². The fourth-order valence-electron chi connectivity index (χ4n) is 1.47. The lowest BCUT2D eigenvalue weighted by Gasteiger charge is -2.12.